The average Bonchev–Trinajstić information content (AvgIpc) is 1.52. The van der Waals surface area contributed by atoms with Gasteiger partial charge in [0.15, 0.2) is 24.1 Å². The zero-order chi connectivity index (χ0) is 62.4. The van der Waals surface area contributed by atoms with Crippen molar-refractivity contribution < 1.29 is 34.8 Å². The topological polar surface area (TPSA) is 249 Å². The number of aryl methyl sites for hydroxylation is 2. The van der Waals surface area contributed by atoms with E-state index in [1.807, 2.05) is 18.3 Å². The number of hydrogen-bond donors (Lipinski definition) is 11. The highest BCUT2D eigenvalue weighted by Gasteiger charge is 2.71. The lowest BCUT2D eigenvalue weighted by Gasteiger charge is -2.56. The van der Waals surface area contributed by atoms with E-state index >= 15 is 0 Å². The molecule has 5 saturated carbocycles. The summed E-state index contributed by atoms with van der Waals surface area (Å²) in [6.45, 7) is 1.74. The van der Waals surface area contributed by atoms with Gasteiger partial charge in [0.1, 0.15) is 5.78 Å². The first-order chi connectivity index (χ1) is 44.3. The number of ether oxygens (including phenoxy) is 1. The number of aliphatic hydroxyl groups is 3. The van der Waals surface area contributed by atoms with Gasteiger partial charge in [0.25, 0.3) is 0 Å². The van der Waals surface area contributed by atoms with Crippen LogP contribution in [0.3, 0.4) is 0 Å². The number of nitrogens with one attached hydrogen (secondary N) is 5. The van der Waals surface area contributed by atoms with E-state index in [-0.39, 0.29) is 76.5 Å². The summed E-state index contributed by atoms with van der Waals surface area (Å²) in [5.41, 5.74) is 23.1. The fourth-order valence-electron chi connectivity index (χ4n) is 20.9. The van der Waals surface area contributed by atoms with Crippen molar-refractivity contribution in [2.24, 2.45) is 80.6 Å². The SMILES string of the molecule is NC1=NC#CC[C@@H](Cc2cccc(CCc3ccccc3)c2)C2=CC(N)NC=C2Cc2cc(O)c(OCO)cc2/C(CO)=C/C(=O)CC(=O)C[C@@H]2CC[C@H]3[C@](C[C@H]4[C@@H]5CCNC[C@@H]5C[C@@H]5C=CCN[C@@H]45)(C2)C[C@@H]2N[C@H]4C(=C5C[C@H](C[C@@H]6CC[C@]23[C@H]56)N1)C=CC[C@@H]4O. The van der Waals surface area contributed by atoms with Gasteiger partial charge in [-0.25, -0.2) is 0 Å². The number of aromatic hydroxyl groups is 1. The maximum absolute atomic E-state index is 14.8. The number of Topliss-reactive ketones (excluding diaryl/α,β-unsaturated/α-hetero) is 1. The number of fused-ring (bicyclic) bond motifs is 3. The number of guanidine groups is 1. The standard InChI is InChI=1S/C76H94N8O7/c77-70-37-62-49(27-47-11-4-10-46(26-47)17-16-45-8-2-1-3-9-45)12-6-24-81-74(78)83-56-31-50-20-22-76-68-19-18-48(28-57(87)35-58(88)32-55(43-85)61-36-67(91-44-86)66(90)33-52(61)30-54(62)42-82-70)38-75(68,39-64-59-21-25-79-41-53(59)29-51-13-7-23-80-72(51)64)40-69(76)84-73-60(14-5-15-65(73)89)63(34-56)71(50)76/h1-5,7-11,13-14,26,32-33,36-37,42,48-51,53,56,59,64-65,68-73,79-80,82,84-86,89-90H,12,15-23,25,27-31,34-35,38-41,43-44,77H2,(H3,78,81,83)/b55-32+/t48-,49-,50-,51-,53-,56-,59+,64-,65-,68-,69-,70?,71-,72+,73-,75-,76+/m0/s1. The number of ketones is 2. The summed E-state index contributed by atoms with van der Waals surface area (Å²) in [6.07, 6.45) is 28.7. The number of phenols is 1. The lowest BCUT2D eigenvalue weighted by Crippen LogP contribution is -2.57. The molecule has 6 fully saturated rings. The van der Waals surface area contributed by atoms with Crippen molar-refractivity contribution in [2.45, 2.75) is 158 Å². The van der Waals surface area contributed by atoms with Gasteiger partial charge in [0.2, 0.25) is 5.96 Å². The van der Waals surface area contributed by atoms with Crippen LogP contribution in [0.1, 0.15) is 124 Å². The number of dihydropyridines is 1. The van der Waals surface area contributed by atoms with Crippen molar-refractivity contribution in [3.63, 3.8) is 0 Å². The van der Waals surface area contributed by atoms with E-state index in [9.17, 15) is 30.0 Å². The molecule has 15 nitrogen and oxygen atoms in total. The molecule has 0 amide bonds. The lowest BCUT2D eigenvalue weighted by atomic mass is 9.50. The number of nitrogens with zero attached hydrogens (tertiary/aromatic N) is 1. The zero-order valence-corrected chi connectivity index (χ0v) is 52.6. The van der Waals surface area contributed by atoms with E-state index in [4.69, 9.17) is 21.2 Å². The molecule has 13 N–H and O–H groups in total. The van der Waals surface area contributed by atoms with Gasteiger partial charge in [-0.3, -0.25) is 9.59 Å². The van der Waals surface area contributed by atoms with E-state index in [1.165, 1.54) is 41.2 Å². The van der Waals surface area contributed by atoms with Crippen LogP contribution in [0.15, 0.2) is 137 Å². The molecule has 3 aromatic carbocycles. The van der Waals surface area contributed by atoms with Gasteiger partial charge < -0.3 is 63.2 Å². The van der Waals surface area contributed by atoms with Crippen LogP contribution >= 0.6 is 0 Å². The summed E-state index contributed by atoms with van der Waals surface area (Å²) in [5, 5.41) is 64.2. The van der Waals surface area contributed by atoms with Crippen molar-refractivity contribution in [1.82, 2.24) is 26.6 Å². The summed E-state index contributed by atoms with van der Waals surface area (Å²) >= 11 is 0. The normalized spacial score (nSPS) is 36.7. The molecule has 3 aromatic rings. The summed E-state index contributed by atoms with van der Waals surface area (Å²) < 4.78 is 5.52. The number of allylic oxidation sites excluding steroid dienone is 3. The Morgan fingerprint density at radius 3 is 2.63 bits per heavy atom. The minimum Gasteiger partial charge on any atom is -0.504 e. The van der Waals surface area contributed by atoms with Crippen molar-refractivity contribution in [2.75, 3.05) is 33.0 Å². The fraction of sp³-hybridized carbons (Fsp3) is 0.539. The number of carbonyl (C=O) groups is 2. The molecular formula is C76H94N8O7. The summed E-state index contributed by atoms with van der Waals surface area (Å²) in [4.78, 5) is 34.1. The predicted molar refractivity (Wildman–Crippen MR) is 354 cm³/mol. The molecule has 6 aliphatic carbocycles. The van der Waals surface area contributed by atoms with Crippen LogP contribution in [0.4, 0.5) is 0 Å². The second-order valence-electron chi connectivity index (χ2n) is 29.2. The molecule has 8 bridgehead atoms. The molecule has 13 aliphatic rings. The second-order valence-corrected chi connectivity index (χ2v) is 29.2. The minimum absolute atomic E-state index is 0.0139. The van der Waals surface area contributed by atoms with Crippen LogP contribution in [0, 0.1) is 76.1 Å². The highest BCUT2D eigenvalue weighted by atomic mass is 16.6. The molecular weight excluding hydrogens is 1140 g/mol. The number of rotatable bonds is 10. The third-order valence-electron chi connectivity index (χ3n) is 24.1. The number of hydrogen-bond acceptors (Lipinski definition) is 15. The molecule has 0 aromatic heterocycles. The number of aliphatic imine (C=N–C) groups is 1. The fourth-order valence-corrected chi connectivity index (χ4v) is 20.9. The van der Waals surface area contributed by atoms with Crippen molar-refractivity contribution in [3.05, 3.63) is 159 Å². The van der Waals surface area contributed by atoms with Crippen molar-refractivity contribution in [1.29, 1.82) is 0 Å². The van der Waals surface area contributed by atoms with Crippen LogP contribution in [0.25, 0.3) is 5.57 Å². The summed E-state index contributed by atoms with van der Waals surface area (Å²) in [5.74, 6) is 6.26. The number of benzene rings is 3. The van der Waals surface area contributed by atoms with Crippen LogP contribution in [-0.2, 0) is 35.3 Å². The van der Waals surface area contributed by atoms with Gasteiger partial charge in [-0.1, -0.05) is 90.4 Å². The van der Waals surface area contributed by atoms with Crippen LogP contribution in [-0.4, -0.2) is 107 Å². The Labute approximate surface area is 536 Å². The van der Waals surface area contributed by atoms with Crippen molar-refractivity contribution >= 4 is 23.1 Å². The van der Waals surface area contributed by atoms with Gasteiger partial charge in [-0.05, 0) is 254 Å². The Hall–Kier alpha value is -6.61. The molecule has 15 heteroatoms. The Bertz CT molecular complexity index is 3540. The molecule has 0 radical (unpaired) electrons. The molecule has 16 rings (SSSR count). The molecule has 480 valence electrons. The summed E-state index contributed by atoms with van der Waals surface area (Å²) in [7, 11) is 0. The average molecular weight is 1230 g/mol. The highest BCUT2D eigenvalue weighted by molar-refractivity contribution is 6.08. The van der Waals surface area contributed by atoms with E-state index in [2.05, 4.69) is 111 Å². The first-order valence-electron chi connectivity index (χ1n) is 34.4. The number of piperidine rings is 1. The Kier molecular flexibility index (Phi) is 18.0. The predicted octanol–water partition coefficient (Wildman–Crippen LogP) is 7.89. The largest absolute Gasteiger partial charge is 0.504 e. The Balaban J connectivity index is 0.846. The second kappa shape index (κ2) is 26.4. The third-order valence-corrected chi connectivity index (χ3v) is 24.1. The quantitative estimate of drug-likeness (QED) is 0.0400. The first-order valence-corrected chi connectivity index (χ1v) is 34.4. The number of phenolic OH excluding ortho intramolecular Hbond substituents is 1. The number of aliphatic hydroxyl groups excluding tert-OH is 3. The maximum atomic E-state index is 14.8. The smallest absolute Gasteiger partial charge is 0.202 e. The molecule has 1 saturated heterocycles. The van der Waals surface area contributed by atoms with E-state index in [0.29, 0.717) is 90.2 Å². The molecule has 91 heavy (non-hydrogen) atoms. The van der Waals surface area contributed by atoms with Crippen LogP contribution < -0.4 is 42.8 Å². The first kappa shape index (κ1) is 61.9. The molecule has 1 spiro atoms. The molecule has 7 aliphatic heterocycles. The van der Waals surface area contributed by atoms with Gasteiger partial charge in [0, 0.05) is 49.8 Å². The van der Waals surface area contributed by atoms with E-state index in [0.717, 1.165) is 107 Å². The lowest BCUT2D eigenvalue weighted by molar-refractivity contribution is -0.126. The summed E-state index contributed by atoms with van der Waals surface area (Å²) in [6, 6.07) is 25.9. The highest BCUT2D eigenvalue weighted by Crippen LogP contribution is 2.75. The Morgan fingerprint density at radius 2 is 1.76 bits per heavy atom. The third kappa shape index (κ3) is 12.4. The monoisotopic (exact) mass is 1230 g/mol. The van der Waals surface area contributed by atoms with E-state index < -0.39 is 31.5 Å². The van der Waals surface area contributed by atoms with Crippen molar-refractivity contribution in [3.8, 4) is 23.5 Å². The van der Waals surface area contributed by atoms with E-state index in [1.54, 1.807) is 12.1 Å². The number of carbonyl (C=O) groups excluding carboxylic acids is 2. The zero-order valence-electron chi connectivity index (χ0n) is 52.6. The van der Waals surface area contributed by atoms with Crippen LogP contribution in [0.2, 0.25) is 0 Å². The molecule has 17 atom stereocenters. The number of nitrogens with two attached hydrogens (primary N) is 2. The van der Waals surface area contributed by atoms with Gasteiger partial charge in [0.05, 0.1) is 31.3 Å². The van der Waals surface area contributed by atoms with Crippen LogP contribution in [0.5, 0.6) is 11.5 Å². The maximum Gasteiger partial charge on any atom is 0.202 e. The van der Waals surface area contributed by atoms with Gasteiger partial charge in [-0.2, -0.15) is 4.99 Å². The Morgan fingerprint density at radius 1 is 0.901 bits per heavy atom. The minimum atomic E-state index is -0.711. The van der Waals surface area contributed by atoms with Gasteiger partial charge >= 0.3 is 0 Å². The molecule has 7 heterocycles. The van der Waals surface area contributed by atoms with Gasteiger partial charge in [-0.15, -0.1) is 0 Å². The molecule has 1 unspecified atom stereocenters.